The van der Waals surface area contributed by atoms with E-state index in [0.29, 0.717) is 17.0 Å². The molecule has 0 saturated heterocycles. The number of hydrogen-bond donors (Lipinski definition) is 2. The van der Waals surface area contributed by atoms with Crippen LogP contribution in [-0.2, 0) is 16.6 Å². The van der Waals surface area contributed by atoms with Crippen LogP contribution in [0.5, 0.6) is 0 Å². The number of benzene rings is 1. The molecule has 0 radical (unpaired) electrons. The number of halogens is 2. The lowest BCUT2D eigenvalue weighted by atomic mass is 10.3. The van der Waals surface area contributed by atoms with Gasteiger partial charge in [-0.2, -0.15) is 0 Å². The van der Waals surface area contributed by atoms with Crippen molar-refractivity contribution in [2.45, 2.75) is 18.4 Å². The molecule has 1 aromatic carbocycles. The zero-order valence-electron chi connectivity index (χ0n) is 11.4. The van der Waals surface area contributed by atoms with E-state index < -0.39 is 15.8 Å². The minimum Gasteiger partial charge on any atom is -0.315 e. The Morgan fingerprint density at radius 1 is 1.38 bits per heavy atom. The van der Waals surface area contributed by atoms with E-state index in [0.717, 1.165) is 6.07 Å². The van der Waals surface area contributed by atoms with Crippen LogP contribution in [0.4, 0.5) is 10.1 Å². The van der Waals surface area contributed by atoms with Gasteiger partial charge in [-0.25, -0.2) is 12.8 Å². The van der Waals surface area contributed by atoms with Gasteiger partial charge in [-0.05, 0) is 43.1 Å². The molecular formula is C13H14ClFN2O2S2. The molecule has 8 heteroatoms. The molecule has 0 bridgehead atoms. The van der Waals surface area contributed by atoms with E-state index in [1.54, 1.807) is 19.4 Å². The molecule has 0 saturated carbocycles. The molecular weight excluding hydrogens is 335 g/mol. The van der Waals surface area contributed by atoms with Gasteiger partial charge < -0.3 is 5.32 Å². The molecule has 1 aromatic heterocycles. The predicted molar refractivity (Wildman–Crippen MR) is 84.0 cm³/mol. The van der Waals surface area contributed by atoms with Crippen LogP contribution in [0.25, 0.3) is 0 Å². The highest BCUT2D eigenvalue weighted by Crippen LogP contribution is 2.31. The summed E-state index contributed by atoms with van der Waals surface area (Å²) in [4.78, 5) is 0.900. The van der Waals surface area contributed by atoms with Crippen LogP contribution in [0.1, 0.15) is 10.4 Å². The summed E-state index contributed by atoms with van der Waals surface area (Å²) in [6, 6.07) is 3.53. The predicted octanol–water partition coefficient (Wildman–Crippen LogP) is 3.37. The van der Waals surface area contributed by atoms with Gasteiger partial charge in [0.15, 0.2) is 0 Å². The third kappa shape index (κ3) is 3.55. The fourth-order valence-corrected chi connectivity index (χ4v) is 5.02. The topological polar surface area (TPSA) is 58.2 Å². The van der Waals surface area contributed by atoms with Gasteiger partial charge in [-0.15, -0.1) is 11.3 Å². The van der Waals surface area contributed by atoms with Crippen LogP contribution in [0.2, 0.25) is 5.02 Å². The molecule has 2 rings (SSSR count). The average Bonchev–Trinajstić information content (AvgIpc) is 2.76. The summed E-state index contributed by atoms with van der Waals surface area (Å²) in [5, 5.41) is 4.84. The lowest BCUT2D eigenvalue weighted by molar-refractivity contribution is 0.599. The molecule has 0 aliphatic rings. The number of anilines is 1. The summed E-state index contributed by atoms with van der Waals surface area (Å²) in [5.74, 6) is -0.561. The molecule has 0 aliphatic carbocycles. The Morgan fingerprint density at radius 2 is 2.10 bits per heavy atom. The number of rotatable bonds is 5. The Morgan fingerprint density at radius 3 is 2.76 bits per heavy atom. The summed E-state index contributed by atoms with van der Waals surface area (Å²) in [6.45, 7) is 2.16. The molecule has 4 nitrogen and oxygen atoms in total. The van der Waals surface area contributed by atoms with Crippen molar-refractivity contribution in [3.63, 3.8) is 0 Å². The molecule has 0 aliphatic heterocycles. The summed E-state index contributed by atoms with van der Waals surface area (Å²) in [7, 11) is -2.09. The van der Waals surface area contributed by atoms with Gasteiger partial charge in [0.2, 0.25) is 0 Å². The Hall–Kier alpha value is -1.15. The Kier molecular flexibility index (Phi) is 4.88. The van der Waals surface area contributed by atoms with Gasteiger partial charge >= 0.3 is 0 Å². The molecule has 0 atom stereocenters. The first kappa shape index (κ1) is 16.2. The van der Waals surface area contributed by atoms with E-state index >= 15 is 0 Å². The second-order valence-corrected chi connectivity index (χ2v) is 7.42. The maximum Gasteiger partial charge on any atom is 0.263 e. The minimum atomic E-state index is -3.82. The van der Waals surface area contributed by atoms with Gasteiger partial charge in [0.05, 0.1) is 10.7 Å². The van der Waals surface area contributed by atoms with Crippen molar-refractivity contribution in [1.29, 1.82) is 0 Å². The molecule has 0 amide bonds. The first-order chi connectivity index (χ1) is 9.85. The van der Waals surface area contributed by atoms with Crippen molar-refractivity contribution in [2.75, 3.05) is 11.8 Å². The van der Waals surface area contributed by atoms with Crippen molar-refractivity contribution in [3.05, 3.63) is 44.9 Å². The molecule has 2 N–H and O–H groups in total. The zero-order chi connectivity index (χ0) is 15.6. The molecule has 21 heavy (non-hydrogen) atoms. The van der Waals surface area contributed by atoms with E-state index in [-0.39, 0.29) is 15.6 Å². The Bertz CT molecular complexity index is 760. The summed E-state index contributed by atoms with van der Waals surface area (Å²) in [6.07, 6.45) is 0. The van der Waals surface area contributed by atoms with E-state index in [1.165, 1.54) is 23.5 Å². The van der Waals surface area contributed by atoms with Gasteiger partial charge in [-0.1, -0.05) is 11.6 Å². The fourth-order valence-electron chi connectivity index (χ4n) is 1.90. The Balaban J connectivity index is 2.43. The van der Waals surface area contributed by atoms with Crippen LogP contribution in [-0.4, -0.2) is 15.5 Å². The lowest BCUT2D eigenvalue weighted by Gasteiger charge is -2.11. The van der Waals surface area contributed by atoms with Crippen molar-refractivity contribution < 1.29 is 12.8 Å². The third-order valence-corrected chi connectivity index (χ3v) is 5.93. The van der Waals surface area contributed by atoms with Crippen LogP contribution in [0.15, 0.2) is 28.5 Å². The monoisotopic (exact) mass is 348 g/mol. The molecule has 0 spiro atoms. The number of sulfonamides is 1. The van der Waals surface area contributed by atoms with Crippen LogP contribution in [0, 0.1) is 12.7 Å². The highest BCUT2D eigenvalue weighted by Gasteiger charge is 2.23. The second-order valence-electron chi connectivity index (χ2n) is 4.43. The van der Waals surface area contributed by atoms with Crippen LogP contribution in [0.3, 0.4) is 0 Å². The number of nitrogens with one attached hydrogen (secondary N) is 2. The van der Waals surface area contributed by atoms with E-state index in [1.807, 2.05) is 0 Å². The zero-order valence-corrected chi connectivity index (χ0v) is 13.8. The average molecular weight is 349 g/mol. The van der Waals surface area contributed by atoms with Crippen LogP contribution < -0.4 is 10.0 Å². The van der Waals surface area contributed by atoms with Crippen molar-refractivity contribution in [3.8, 4) is 0 Å². The normalized spacial score (nSPS) is 11.6. The largest absolute Gasteiger partial charge is 0.315 e. The molecule has 0 unspecified atom stereocenters. The lowest BCUT2D eigenvalue weighted by Crippen LogP contribution is -2.17. The third-order valence-electron chi connectivity index (χ3n) is 2.77. The summed E-state index contributed by atoms with van der Waals surface area (Å²) in [5.41, 5.74) is 0.669. The van der Waals surface area contributed by atoms with E-state index in [9.17, 15) is 12.8 Å². The summed E-state index contributed by atoms with van der Waals surface area (Å²) >= 11 is 7.26. The van der Waals surface area contributed by atoms with E-state index in [2.05, 4.69) is 10.0 Å². The standard InChI is InChI=1S/C13H14ClFN2O2S2/c1-8-7-20-12(6-16-2)13(8)21(18,19)17-11-5-9(15)3-4-10(11)14/h3-5,7,16-17H,6H2,1-2H3. The van der Waals surface area contributed by atoms with Crippen LogP contribution >= 0.6 is 22.9 Å². The van der Waals surface area contributed by atoms with Gasteiger partial charge in [0, 0.05) is 11.4 Å². The molecule has 0 fully saturated rings. The van der Waals surface area contributed by atoms with Gasteiger partial charge in [-0.3, -0.25) is 4.72 Å². The molecule has 114 valence electrons. The summed E-state index contributed by atoms with van der Waals surface area (Å²) < 4.78 is 40.7. The highest BCUT2D eigenvalue weighted by atomic mass is 35.5. The van der Waals surface area contributed by atoms with Gasteiger partial charge in [0.25, 0.3) is 10.0 Å². The SMILES string of the molecule is CNCc1scc(C)c1S(=O)(=O)Nc1cc(F)ccc1Cl. The maximum absolute atomic E-state index is 13.2. The second kappa shape index (κ2) is 6.31. The first-order valence-corrected chi connectivity index (χ1v) is 8.78. The smallest absolute Gasteiger partial charge is 0.263 e. The minimum absolute atomic E-state index is 0.0256. The fraction of sp³-hybridized carbons (Fsp3) is 0.231. The van der Waals surface area contributed by atoms with Crippen molar-refractivity contribution >= 4 is 38.6 Å². The number of thiophene rings is 1. The quantitative estimate of drug-likeness (QED) is 0.871. The van der Waals surface area contributed by atoms with Crippen molar-refractivity contribution in [1.82, 2.24) is 5.32 Å². The molecule has 2 aromatic rings. The van der Waals surface area contributed by atoms with Gasteiger partial charge in [0.1, 0.15) is 10.7 Å². The molecule has 1 heterocycles. The van der Waals surface area contributed by atoms with Crippen molar-refractivity contribution in [2.24, 2.45) is 0 Å². The Labute approximate surface area is 132 Å². The first-order valence-electron chi connectivity index (χ1n) is 6.04. The number of hydrogen-bond acceptors (Lipinski definition) is 4. The maximum atomic E-state index is 13.2. The number of aryl methyl sites for hydroxylation is 1. The highest BCUT2D eigenvalue weighted by molar-refractivity contribution is 7.93. The van der Waals surface area contributed by atoms with E-state index in [4.69, 9.17) is 11.6 Å².